The smallest absolute Gasteiger partial charge is 0.260 e. The van der Waals surface area contributed by atoms with Crippen LogP contribution in [0.25, 0.3) is 0 Å². The van der Waals surface area contributed by atoms with Crippen molar-refractivity contribution in [3.05, 3.63) is 28.7 Å². The summed E-state index contributed by atoms with van der Waals surface area (Å²) in [4.78, 5) is 14.4. The number of rotatable bonds is 6. The first-order valence-corrected chi connectivity index (χ1v) is 8.38. The lowest BCUT2D eigenvalue weighted by molar-refractivity contribution is -0.136. The van der Waals surface area contributed by atoms with Gasteiger partial charge in [-0.05, 0) is 56.6 Å². The van der Waals surface area contributed by atoms with E-state index in [1.165, 1.54) is 0 Å². The summed E-state index contributed by atoms with van der Waals surface area (Å²) in [5.74, 6) is 0.819. The molecule has 0 aromatic heterocycles. The molecule has 0 aliphatic carbocycles. The summed E-state index contributed by atoms with van der Waals surface area (Å²) < 4.78 is 6.62. The highest BCUT2D eigenvalue weighted by Gasteiger charge is 2.24. The van der Waals surface area contributed by atoms with Gasteiger partial charge in [0.1, 0.15) is 5.75 Å². The van der Waals surface area contributed by atoms with Crippen molar-refractivity contribution < 1.29 is 9.53 Å². The zero-order chi connectivity index (χ0) is 15.1. The quantitative estimate of drug-likeness (QED) is 0.809. The van der Waals surface area contributed by atoms with Crippen LogP contribution in [-0.2, 0) is 4.79 Å². The van der Waals surface area contributed by atoms with Gasteiger partial charge in [-0.25, -0.2) is 0 Å². The third-order valence-electron chi connectivity index (χ3n) is 3.71. The average Bonchev–Trinajstić information content (AvgIpc) is 2.52. The van der Waals surface area contributed by atoms with Crippen LogP contribution < -0.4 is 10.1 Å². The van der Waals surface area contributed by atoms with Gasteiger partial charge < -0.3 is 15.0 Å². The van der Waals surface area contributed by atoms with Gasteiger partial charge in [0, 0.05) is 17.1 Å². The number of piperidine rings is 1. The number of carbonyl (C=O) groups is 1. The number of carbonyl (C=O) groups excluding carboxylic acids is 1. The third kappa shape index (κ3) is 5.78. The number of hydrogen-bond donors (Lipinski definition) is 1. The molecule has 1 aromatic carbocycles. The third-order valence-corrected chi connectivity index (χ3v) is 4.24. The van der Waals surface area contributed by atoms with E-state index in [0.29, 0.717) is 6.04 Å². The molecule has 1 heterocycles. The molecule has 4 nitrogen and oxygen atoms in total. The fourth-order valence-electron chi connectivity index (χ4n) is 2.63. The number of amides is 1. The lowest BCUT2D eigenvalue weighted by atomic mass is 10.0. The second-order valence-corrected chi connectivity index (χ2v) is 6.23. The molecular formula is C16H24BrClN2O2. The lowest BCUT2D eigenvalue weighted by Crippen LogP contribution is -2.48. The van der Waals surface area contributed by atoms with Crippen molar-refractivity contribution in [2.45, 2.75) is 32.2 Å². The van der Waals surface area contributed by atoms with Crippen molar-refractivity contribution in [3.63, 3.8) is 0 Å². The number of benzene rings is 1. The van der Waals surface area contributed by atoms with Crippen LogP contribution in [0, 0.1) is 0 Å². The Morgan fingerprint density at radius 1 is 1.32 bits per heavy atom. The Morgan fingerprint density at radius 2 is 1.95 bits per heavy atom. The van der Waals surface area contributed by atoms with Crippen LogP contribution in [0.1, 0.15) is 26.2 Å². The maximum Gasteiger partial charge on any atom is 0.260 e. The molecule has 0 saturated carbocycles. The number of nitrogens with zero attached hydrogens (tertiary/aromatic N) is 1. The molecule has 1 aliphatic rings. The standard InChI is InChI=1S/C16H23BrN2O2.ClH/c1-2-11-19(14-7-9-18-10-8-14)16(20)12-21-15-5-3-13(17)4-6-15;/h3-6,14,18H,2,7-12H2,1H3;1H. The summed E-state index contributed by atoms with van der Waals surface area (Å²) in [5.41, 5.74) is 0. The second-order valence-electron chi connectivity index (χ2n) is 5.31. The van der Waals surface area contributed by atoms with Crippen LogP contribution in [-0.4, -0.2) is 43.1 Å². The molecule has 0 radical (unpaired) electrons. The monoisotopic (exact) mass is 390 g/mol. The zero-order valence-electron chi connectivity index (χ0n) is 12.9. The molecule has 1 aromatic rings. The normalized spacial score (nSPS) is 15.0. The molecule has 0 bridgehead atoms. The van der Waals surface area contributed by atoms with E-state index in [1.807, 2.05) is 29.2 Å². The molecule has 22 heavy (non-hydrogen) atoms. The highest BCUT2D eigenvalue weighted by molar-refractivity contribution is 9.10. The Bertz CT molecular complexity index is 450. The van der Waals surface area contributed by atoms with Gasteiger partial charge in [0.05, 0.1) is 0 Å². The number of nitrogens with one attached hydrogen (secondary N) is 1. The highest BCUT2D eigenvalue weighted by Crippen LogP contribution is 2.17. The zero-order valence-corrected chi connectivity index (χ0v) is 15.3. The predicted molar refractivity (Wildman–Crippen MR) is 94.8 cm³/mol. The summed E-state index contributed by atoms with van der Waals surface area (Å²) in [6, 6.07) is 7.91. The lowest BCUT2D eigenvalue weighted by Gasteiger charge is -2.34. The van der Waals surface area contributed by atoms with E-state index in [1.54, 1.807) is 0 Å². The van der Waals surface area contributed by atoms with E-state index >= 15 is 0 Å². The van der Waals surface area contributed by atoms with Gasteiger partial charge in [-0.1, -0.05) is 22.9 Å². The fraction of sp³-hybridized carbons (Fsp3) is 0.562. The van der Waals surface area contributed by atoms with Crippen LogP contribution in [0.3, 0.4) is 0 Å². The van der Waals surface area contributed by atoms with Crippen molar-refractivity contribution in [2.75, 3.05) is 26.2 Å². The predicted octanol–water partition coefficient (Wildman–Crippen LogP) is 3.24. The van der Waals surface area contributed by atoms with Crippen LogP contribution in [0.5, 0.6) is 5.75 Å². The van der Waals surface area contributed by atoms with E-state index in [0.717, 1.165) is 49.1 Å². The second kappa shape index (κ2) is 10.1. The van der Waals surface area contributed by atoms with E-state index in [-0.39, 0.29) is 24.9 Å². The van der Waals surface area contributed by atoms with Crippen molar-refractivity contribution in [2.24, 2.45) is 0 Å². The SMILES string of the molecule is CCCN(C(=O)COc1ccc(Br)cc1)C1CCNCC1.Cl. The molecule has 1 saturated heterocycles. The molecule has 1 N–H and O–H groups in total. The molecule has 0 unspecified atom stereocenters. The van der Waals surface area contributed by atoms with Crippen molar-refractivity contribution in [1.29, 1.82) is 0 Å². The van der Waals surface area contributed by atoms with Gasteiger partial charge in [-0.15, -0.1) is 12.4 Å². The van der Waals surface area contributed by atoms with Gasteiger partial charge >= 0.3 is 0 Å². The van der Waals surface area contributed by atoms with Crippen molar-refractivity contribution >= 4 is 34.2 Å². The average molecular weight is 392 g/mol. The van der Waals surface area contributed by atoms with Gasteiger partial charge in [-0.2, -0.15) is 0 Å². The highest BCUT2D eigenvalue weighted by atomic mass is 79.9. The van der Waals surface area contributed by atoms with E-state index in [4.69, 9.17) is 4.74 Å². The van der Waals surface area contributed by atoms with Gasteiger partial charge in [-0.3, -0.25) is 4.79 Å². The summed E-state index contributed by atoms with van der Waals surface area (Å²) in [6.07, 6.45) is 3.04. The minimum absolute atomic E-state index is 0. The van der Waals surface area contributed by atoms with E-state index in [2.05, 4.69) is 28.2 Å². The molecule has 0 atom stereocenters. The summed E-state index contributed by atoms with van der Waals surface area (Å²) in [6.45, 7) is 5.02. The summed E-state index contributed by atoms with van der Waals surface area (Å²) in [5, 5.41) is 3.34. The maximum absolute atomic E-state index is 12.4. The molecule has 2 rings (SSSR count). The summed E-state index contributed by atoms with van der Waals surface area (Å²) >= 11 is 3.38. The van der Waals surface area contributed by atoms with Crippen molar-refractivity contribution in [3.8, 4) is 5.75 Å². The van der Waals surface area contributed by atoms with Gasteiger partial charge in [0.2, 0.25) is 0 Å². The minimum atomic E-state index is 0. The Kier molecular flexibility index (Phi) is 8.83. The molecule has 1 fully saturated rings. The number of ether oxygens (including phenoxy) is 1. The first kappa shape index (κ1) is 19.3. The first-order chi connectivity index (χ1) is 10.2. The minimum Gasteiger partial charge on any atom is -0.484 e. The Labute approximate surface area is 147 Å². The van der Waals surface area contributed by atoms with Gasteiger partial charge in [0.15, 0.2) is 6.61 Å². The van der Waals surface area contributed by atoms with E-state index in [9.17, 15) is 4.79 Å². The largest absolute Gasteiger partial charge is 0.484 e. The Morgan fingerprint density at radius 3 is 2.55 bits per heavy atom. The number of halogens is 2. The first-order valence-electron chi connectivity index (χ1n) is 7.59. The molecule has 1 amide bonds. The van der Waals surface area contributed by atoms with Crippen LogP contribution in [0.15, 0.2) is 28.7 Å². The Hall–Kier alpha value is -0.780. The molecule has 1 aliphatic heterocycles. The molecule has 124 valence electrons. The summed E-state index contributed by atoms with van der Waals surface area (Å²) in [7, 11) is 0. The van der Waals surface area contributed by atoms with Crippen molar-refractivity contribution in [1.82, 2.24) is 10.2 Å². The molecule has 6 heteroatoms. The Balaban J connectivity index is 0.00000242. The van der Waals surface area contributed by atoms with E-state index < -0.39 is 0 Å². The van der Waals surface area contributed by atoms with Crippen LogP contribution in [0.2, 0.25) is 0 Å². The molecular weight excluding hydrogens is 368 g/mol. The maximum atomic E-state index is 12.4. The van der Waals surface area contributed by atoms with Crippen LogP contribution in [0.4, 0.5) is 0 Å². The van der Waals surface area contributed by atoms with Crippen LogP contribution >= 0.6 is 28.3 Å². The molecule has 0 spiro atoms. The van der Waals surface area contributed by atoms with Gasteiger partial charge in [0.25, 0.3) is 5.91 Å². The fourth-order valence-corrected chi connectivity index (χ4v) is 2.89. The topological polar surface area (TPSA) is 41.6 Å². The number of hydrogen-bond acceptors (Lipinski definition) is 3.